The van der Waals surface area contributed by atoms with Crippen molar-refractivity contribution in [3.8, 4) is 11.3 Å². The van der Waals surface area contributed by atoms with E-state index < -0.39 is 40.9 Å². The number of pyridine rings is 2. The first-order valence-corrected chi connectivity index (χ1v) is 13.1. The van der Waals surface area contributed by atoms with Gasteiger partial charge in [-0.25, -0.2) is 14.8 Å². The Bertz CT molecular complexity index is 1800. The maximum absolute atomic E-state index is 13.1. The molecule has 0 atom stereocenters. The molecule has 0 spiro atoms. The third-order valence-corrected chi connectivity index (χ3v) is 6.11. The summed E-state index contributed by atoms with van der Waals surface area (Å²) in [4.78, 5) is 39.0. The van der Waals surface area contributed by atoms with Crippen molar-refractivity contribution in [2.75, 3.05) is 10.6 Å². The highest BCUT2D eigenvalue weighted by atomic mass is 19.4. The van der Waals surface area contributed by atoms with Gasteiger partial charge in [-0.2, -0.15) is 26.3 Å². The van der Waals surface area contributed by atoms with Crippen LogP contribution in [0.4, 0.5) is 43.7 Å². The number of benzene rings is 2. The van der Waals surface area contributed by atoms with E-state index in [1.165, 1.54) is 36.8 Å². The monoisotopic (exact) mass is 640 g/mol. The number of nitrogens with one attached hydrogen (secondary N) is 2. The average Bonchev–Trinajstić information content (AvgIpc) is 3.03. The number of aromatic carboxylic acids is 1. The molecule has 15 heteroatoms. The lowest BCUT2D eigenvalue weighted by atomic mass is 10.0. The van der Waals surface area contributed by atoms with Crippen LogP contribution in [0.3, 0.4) is 0 Å². The summed E-state index contributed by atoms with van der Waals surface area (Å²) in [5.74, 6) is -1.86. The highest BCUT2D eigenvalue weighted by molar-refractivity contribution is 6.04. The lowest BCUT2D eigenvalue weighted by Crippen LogP contribution is -2.17. The fraction of sp³-hybridized carbons (Fsp3) is 0.0968. The number of hydrogen-bond acceptors (Lipinski definition) is 7. The molecule has 0 radical (unpaired) electrons. The number of carboxylic acids is 1. The number of carbonyl (C=O) groups is 2. The molecule has 0 saturated carbocycles. The first-order chi connectivity index (χ1) is 21.7. The number of nitrogens with zero attached hydrogens (tertiary/aromatic N) is 4. The summed E-state index contributed by atoms with van der Waals surface area (Å²) >= 11 is 0. The van der Waals surface area contributed by atoms with Gasteiger partial charge in [0.25, 0.3) is 5.91 Å². The van der Waals surface area contributed by atoms with E-state index in [9.17, 15) is 35.9 Å². The molecule has 3 aromatic heterocycles. The molecule has 2 aromatic carbocycles. The molecule has 0 bridgehead atoms. The second kappa shape index (κ2) is 13.8. The van der Waals surface area contributed by atoms with E-state index in [4.69, 9.17) is 5.11 Å². The summed E-state index contributed by atoms with van der Waals surface area (Å²) in [5, 5.41) is 13.7. The molecule has 1 amide bonds. The molecule has 0 fully saturated rings. The van der Waals surface area contributed by atoms with Gasteiger partial charge in [-0.15, -0.1) is 0 Å². The van der Waals surface area contributed by atoms with E-state index >= 15 is 0 Å². The number of carboxylic acid groups (broad SMARTS) is 1. The number of carbonyl (C=O) groups excluding carboxylic acids is 1. The molecule has 0 aliphatic rings. The van der Waals surface area contributed by atoms with Crippen LogP contribution in [0.1, 0.15) is 37.4 Å². The highest BCUT2D eigenvalue weighted by Gasteiger charge is 2.37. The van der Waals surface area contributed by atoms with Crippen LogP contribution < -0.4 is 10.6 Å². The van der Waals surface area contributed by atoms with Crippen LogP contribution in [0.25, 0.3) is 11.3 Å². The van der Waals surface area contributed by atoms with Gasteiger partial charge in [-0.3, -0.25) is 14.8 Å². The van der Waals surface area contributed by atoms with E-state index in [0.29, 0.717) is 29.1 Å². The third kappa shape index (κ3) is 8.84. The molecule has 5 aromatic rings. The SMILES string of the molecule is Cc1ccc(NC(=O)c2cc(C(F)(F)F)cc(C(F)(F)F)c2)cc1Nc1nccc(-c2cccnc2)n1.O=C(O)c1cccnc1. The fourth-order valence-electron chi connectivity index (χ4n) is 3.83. The van der Waals surface area contributed by atoms with Crippen LogP contribution in [0, 0.1) is 6.92 Å². The zero-order chi connectivity index (χ0) is 33.5. The summed E-state index contributed by atoms with van der Waals surface area (Å²) in [6, 6.07) is 13.6. The summed E-state index contributed by atoms with van der Waals surface area (Å²) in [6.45, 7) is 1.75. The average molecular weight is 641 g/mol. The zero-order valence-corrected chi connectivity index (χ0v) is 23.6. The summed E-state index contributed by atoms with van der Waals surface area (Å²) in [6.07, 6.45) is -2.51. The summed E-state index contributed by atoms with van der Waals surface area (Å²) in [5.41, 5.74) is -1.07. The van der Waals surface area contributed by atoms with Gasteiger partial charge in [0.2, 0.25) is 5.95 Å². The first kappa shape index (κ1) is 33.0. The molecule has 5 rings (SSSR count). The molecule has 0 aliphatic heterocycles. The number of halogens is 6. The maximum atomic E-state index is 13.1. The van der Waals surface area contributed by atoms with Crippen LogP contribution in [0.15, 0.2) is 97.7 Å². The third-order valence-electron chi connectivity index (χ3n) is 6.11. The highest BCUT2D eigenvalue weighted by Crippen LogP contribution is 2.36. The predicted molar refractivity (Wildman–Crippen MR) is 155 cm³/mol. The number of rotatable bonds is 6. The van der Waals surface area contributed by atoms with Gasteiger partial charge < -0.3 is 15.7 Å². The number of hydrogen-bond donors (Lipinski definition) is 3. The smallest absolute Gasteiger partial charge is 0.416 e. The van der Waals surface area contributed by atoms with Crippen LogP contribution in [-0.2, 0) is 12.4 Å². The second-order valence-electron chi connectivity index (χ2n) is 9.46. The van der Waals surface area contributed by atoms with Crippen LogP contribution in [0.2, 0.25) is 0 Å². The Kier molecular flexibility index (Phi) is 9.94. The van der Waals surface area contributed by atoms with E-state index in [2.05, 4.69) is 30.6 Å². The van der Waals surface area contributed by atoms with E-state index in [-0.39, 0.29) is 23.3 Å². The van der Waals surface area contributed by atoms with Crippen molar-refractivity contribution in [1.82, 2.24) is 19.9 Å². The van der Waals surface area contributed by atoms with Crippen molar-refractivity contribution in [3.05, 3.63) is 126 Å². The Labute approximate surface area is 257 Å². The van der Waals surface area contributed by atoms with Crippen molar-refractivity contribution < 1.29 is 41.0 Å². The van der Waals surface area contributed by atoms with Gasteiger partial charge in [-0.1, -0.05) is 6.07 Å². The van der Waals surface area contributed by atoms with Crippen LogP contribution in [0.5, 0.6) is 0 Å². The van der Waals surface area contributed by atoms with Gasteiger partial charge in [0.1, 0.15) is 0 Å². The van der Waals surface area contributed by atoms with Crippen molar-refractivity contribution >= 4 is 29.2 Å². The molecule has 9 nitrogen and oxygen atoms in total. The molecule has 3 N–H and O–H groups in total. The fourth-order valence-corrected chi connectivity index (χ4v) is 3.83. The summed E-state index contributed by atoms with van der Waals surface area (Å²) < 4.78 is 78.9. The Morgan fingerprint density at radius 3 is 1.96 bits per heavy atom. The van der Waals surface area contributed by atoms with Gasteiger partial charge in [0, 0.05) is 53.5 Å². The quantitative estimate of drug-likeness (QED) is 0.161. The molecule has 0 saturated heterocycles. The van der Waals surface area contributed by atoms with E-state index in [1.54, 1.807) is 43.6 Å². The van der Waals surface area contributed by atoms with Crippen molar-refractivity contribution in [2.45, 2.75) is 19.3 Å². The minimum atomic E-state index is -5.07. The van der Waals surface area contributed by atoms with E-state index in [1.807, 2.05) is 6.07 Å². The van der Waals surface area contributed by atoms with Gasteiger partial charge in [0.05, 0.1) is 22.4 Å². The van der Waals surface area contributed by atoms with Crippen molar-refractivity contribution in [3.63, 3.8) is 0 Å². The lowest BCUT2D eigenvalue weighted by Gasteiger charge is -2.15. The number of anilines is 3. The Morgan fingerprint density at radius 2 is 1.41 bits per heavy atom. The number of aromatic nitrogens is 4. The van der Waals surface area contributed by atoms with Gasteiger partial charge in [-0.05, 0) is 73.2 Å². The Morgan fingerprint density at radius 1 is 0.761 bits per heavy atom. The molecule has 236 valence electrons. The topological polar surface area (TPSA) is 130 Å². The largest absolute Gasteiger partial charge is 0.478 e. The molecular weight excluding hydrogens is 618 g/mol. The molecule has 3 heterocycles. The van der Waals surface area contributed by atoms with Gasteiger partial charge in [0.15, 0.2) is 0 Å². The normalized spacial score (nSPS) is 11.2. The van der Waals surface area contributed by atoms with E-state index in [0.717, 1.165) is 5.56 Å². The zero-order valence-electron chi connectivity index (χ0n) is 23.6. The first-order valence-electron chi connectivity index (χ1n) is 13.1. The molecule has 46 heavy (non-hydrogen) atoms. The van der Waals surface area contributed by atoms with Crippen molar-refractivity contribution in [1.29, 1.82) is 0 Å². The Balaban J connectivity index is 0.000000459. The standard InChI is InChI=1S/C25H17F6N5O.C6H5NO2/c1-14-4-5-19(12-21(14)36-23-33-8-6-20(35-23)15-3-2-7-32-13-15)34-22(37)16-9-17(24(26,27)28)11-18(10-16)25(29,30)31;8-6(9)5-2-1-3-7-4-5/h2-13H,1H3,(H,34,37)(H,33,35,36);1-4H,(H,8,9). The Hall–Kier alpha value is -5.86. The minimum Gasteiger partial charge on any atom is -0.478 e. The molecule has 0 unspecified atom stereocenters. The molecular formula is C31H22F6N6O3. The lowest BCUT2D eigenvalue weighted by molar-refractivity contribution is -0.143. The second-order valence-corrected chi connectivity index (χ2v) is 9.46. The minimum absolute atomic E-state index is 0.0374. The summed E-state index contributed by atoms with van der Waals surface area (Å²) in [7, 11) is 0. The number of amides is 1. The van der Waals surface area contributed by atoms with Crippen molar-refractivity contribution in [2.24, 2.45) is 0 Å². The number of alkyl halides is 6. The van der Waals surface area contributed by atoms with Crippen LogP contribution in [-0.4, -0.2) is 36.9 Å². The number of aryl methyl sites for hydroxylation is 1. The predicted octanol–water partition coefficient (Wildman–Crippen LogP) is 7.66. The molecule has 0 aliphatic carbocycles. The maximum Gasteiger partial charge on any atom is 0.416 e. The van der Waals surface area contributed by atoms with Crippen LogP contribution >= 0.6 is 0 Å². The van der Waals surface area contributed by atoms with Gasteiger partial charge >= 0.3 is 18.3 Å².